The maximum absolute atomic E-state index is 12.8. The Balaban J connectivity index is 1.35. The van der Waals surface area contributed by atoms with E-state index in [-0.39, 0.29) is 5.56 Å². The third-order valence-electron chi connectivity index (χ3n) is 4.71. The number of nitrogens with one attached hydrogen (secondary N) is 1. The Hall–Kier alpha value is -2.82. The van der Waals surface area contributed by atoms with Gasteiger partial charge in [-0.15, -0.1) is 32.9 Å². The zero-order chi connectivity index (χ0) is 21.5. The van der Waals surface area contributed by atoms with Crippen LogP contribution in [0.2, 0.25) is 0 Å². The Labute approximate surface area is 190 Å². The van der Waals surface area contributed by atoms with Gasteiger partial charge in [-0.3, -0.25) is 4.79 Å². The standard InChI is InChI=1S/C21H18N6OS3/c1-11-8-12(2)27(26-11)17-6-7-18(25-24-17)29-10-16-22-20(28)19-14(9-30-21(19)23-16)15-5-4-13(3)31-15/h4-9H,10H2,1-3H3,(H,22,23,28). The number of thiophene rings is 2. The molecule has 0 fully saturated rings. The fourth-order valence-corrected chi connectivity index (χ4v) is 5.93. The molecule has 5 rings (SSSR count). The molecule has 7 nitrogen and oxygen atoms in total. The van der Waals surface area contributed by atoms with Crippen molar-refractivity contribution in [2.75, 3.05) is 0 Å². The number of rotatable bonds is 5. The Morgan fingerprint density at radius 1 is 1.13 bits per heavy atom. The summed E-state index contributed by atoms with van der Waals surface area (Å²) < 4.78 is 1.77. The zero-order valence-electron chi connectivity index (χ0n) is 17.0. The summed E-state index contributed by atoms with van der Waals surface area (Å²) in [5.74, 6) is 1.81. The minimum Gasteiger partial charge on any atom is -0.309 e. The van der Waals surface area contributed by atoms with Crippen molar-refractivity contribution in [2.45, 2.75) is 31.6 Å². The van der Waals surface area contributed by atoms with Crippen molar-refractivity contribution < 1.29 is 0 Å². The van der Waals surface area contributed by atoms with E-state index >= 15 is 0 Å². The fraction of sp³-hybridized carbons (Fsp3) is 0.190. The number of aryl methyl sites for hydroxylation is 3. The summed E-state index contributed by atoms with van der Waals surface area (Å²) in [5.41, 5.74) is 2.80. The van der Waals surface area contributed by atoms with E-state index in [0.717, 1.165) is 31.7 Å². The molecule has 0 atom stereocenters. The van der Waals surface area contributed by atoms with Crippen LogP contribution in [-0.4, -0.2) is 29.9 Å². The van der Waals surface area contributed by atoms with Crippen molar-refractivity contribution in [2.24, 2.45) is 0 Å². The zero-order valence-corrected chi connectivity index (χ0v) is 19.5. The maximum atomic E-state index is 12.8. The van der Waals surface area contributed by atoms with Gasteiger partial charge in [-0.25, -0.2) is 9.67 Å². The number of hydrogen-bond acceptors (Lipinski definition) is 8. The first kappa shape index (κ1) is 20.1. The van der Waals surface area contributed by atoms with E-state index in [4.69, 9.17) is 0 Å². The Morgan fingerprint density at radius 2 is 2.00 bits per heavy atom. The number of aromatic nitrogens is 6. The molecule has 0 saturated carbocycles. The van der Waals surface area contributed by atoms with Gasteiger partial charge in [0, 0.05) is 26.4 Å². The first-order chi connectivity index (χ1) is 15.0. The predicted octanol–water partition coefficient (Wildman–Crippen LogP) is 4.91. The lowest BCUT2D eigenvalue weighted by Crippen LogP contribution is -2.10. The highest BCUT2D eigenvalue weighted by molar-refractivity contribution is 7.98. The van der Waals surface area contributed by atoms with E-state index in [2.05, 4.69) is 44.3 Å². The number of nitrogens with zero attached hydrogens (tertiary/aromatic N) is 5. The van der Waals surface area contributed by atoms with E-state index in [9.17, 15) is 4.79 Å². The SMILES string of the molecule is Cc1cc(C)n(-c2ccc(SCc3nc4scc(-c5ccc(C)s5)c4c(=O)[nH]3)nn2)n1. The second kappa shape index (κ2) is 8.03. The lowest BCUT2D eigenvalue weighted by Gasteiger charge is -2.04. The van der Waals surface area contributed by atoms with Crippen LogP contribution in [0.1, 0.15) is 22.1 Å². The predicted molar refractivity (Wildman–Crippen MR) is 126 cm³/mol. The average Bonchev–Trinajstić information content (AvgIpc) is 3.45. The molecule has 0 bridgehead atoms. The van der Waals surface area contributed by atoms with Gasteiger partial charge in [0.25, 0.3) is 5.56 Å². The second-order valence-corrected chi connectivity index (χ2v) is 10.3. The second-order valence-electron chi connectivity index (χ2n) is 7.11. The fourth-order valence-electron chi connectivity index (χ4n) is 3.33. The van der Waals surface area contributed by atoms with Crippen LogP contribution in [-0.2, 0) is 5.75 Å². The van der Waals surface area contributed by atoms with Crippen LogP contribution in [0, 0.1) is 20.8 Å². The number of thioether (sulfide) groups is 1. The largest absolute Gasteiger partial charge is 0.309 e. The van der Waals surface area contributed by atoms with Crippen molar-refractivity contribution in [3.63, 3.8) is 0 Å². The van der Waals surface area contributed by atoms with E-state index in [1.54, 1.807) is 16.0 Å². The van der Waals surface area contributed by atoms with Crippen molar-refractivity contribution in [3.05, 3.63) is 68.2 Å². The van der Waals surface area contributed by atoms with Crippen molar-refractivity contribution >= 4 is 44.7 Å². The molecule has 5 aromatic rings. The van der Waals surface area contributed by atoms with Gasteiger partial charge in [-0.2, -0.15) is 5.10 Å². The van der Waals surface area contributed by atoms with Crippen LogP contribution >= 0.6 is 34.4 Å². The normalized spacial score (nSPS) is 11.5. The summed E-state index contributed by atoms with van der Waals surface area (Å²) >= 11 is 4.66. The van der Waals surface area contributed by atoms with Gasteiger partial charge in [-0.1, -0.05) is 11.8 Å². The first-order valence-corrected chi connectivity index (χ1v) is 12.2. The Bertz CT molecular complexity index is 1440. The number of aromatic amines is 1. The minimum atomic E-state index is -0.103. The van der Waals surface area contributed by atoms with Gasteiger partial charge < -0.3 is 4.98 Å². The van der Waals surface area contributed by atoms with Gasteiger partial charge in [0.2, 0.25) is 0 Å². The molecule has 0 saturated heterocycles. The highest BCUT2D eigenvalue weighted by Gasteiger charge is 2.14. The summed E-state index contributed by atoms with van der Waals surface area (Å²) in [6, 6.07) is 9.92. The van der Waals surface area contributed by atoms with Gasteiger partial charge in [0.15, 0.2) is 5.82 Å². The first-order valence-electron chi connectivity index (χ1n) is 9.55. The molecule has 5 aromatic heterocycles. The molecule has 1 N–H and O–H groups in total. The smallest absolute Gasteiger partial charge is 0.260 e. The molecule has 0 amide bonds. The highest BCUT2D eigenvalue weighted by Crippen LogP contribution is 2.35. The molecule has 0 aliphatic rings. The molecule has 0 unspecified atom stereocenters. The maximum Gasteiger partial charge on any atom is 0.260 e. The highest BCUT2D eigenvalue weighted by atomic mass is 32.2. The lowest BCUT2D eigenvalue weighted by atomic mass is 10.2. The summed E-state index contributed by atoms with van der Waals surface area (Å²) in [7, 11) is 0. The van der Waals surface area contributed by atoms with Crippen molar-refractivity contribution in [1.29, 1.82) is 0 Å². The summed E-state index contributed by atoms with van der Waals surface area (Å²) in [5, 5.41) is 16.4. The summed E-state index contributed by atoms with van der Waals surface area (Å²) in [6.07, 6.45) is 0. The number of H-pyrrole nitrogens is 1. The number of hydrogen-bond donors (Lipinski definition) is 1. The quantitative estimate of drug-likeness (QED) is 0.370. The van der Waals surface area contributed by atoms with Gasteiger partial charge in [0.1, 0.15) is 15.7 Å². The molecular weight excluding hydrogens is 448 g/mol. The molecule has 0 radical (unpaired) electrons. The number of fused-ring (bicyclic) bond motifs is 1. The third-order valence-corrected chi connectivity index (χ3v) is 7.55. The lowest BCUT2D eigenvalue weighted by molar-refractivity contribution is 0.765. The monoisotopic (exact) mass is 466 g/mol. The average molecular weight is 467 g/mol. The molecule has 5 heterocycles. The van der Waals surface area contributed by atoms with E-state index in [1.165, 1.54) is 28.0 Å². The van der Waals surface area contributed by atoms with Crippen LogP contribution < -0.4 is 5.56 Å². The van der Waals surface area contributed by atoms with E-state index < -0.39 is 0 Å². The summed E-state index contributed by atoms with van der Waals surface area (Å²) in [6.45, 7) is 6.00. The minimum absolute atomic E-state index is 0.103. The Morgan fingerprint density at radius 3 is 2.68 bits per heavy atom. The molecule has 0 aromatic carbocycles. The van der Waals surface area contributed by atoms with Crippen LogP contribution in [0.25, 0.3) is 26.5 Å². The Kier molecular flexibility index (Phi) is 5.20. The van der Waals surface area contributed by atoms with Crippen LogP contribution in [0.15, 0.2) is 45.5 Å². The molecule has 156 valence electrons. The molecular formula is C21H18N6OS3. The molecule has 10 heteroatoms. The van der Waals surface area contributed by atoms with Crippen molar-refractivity contribution in [1.82, 2.24) is 29.9 Å². The molecule has 0 spiro atoms. The van der Waals surface area contributed by atoms with Crippen LogP contribution in [0.3, 0.4) is 0 Å². The molecule has 0 aliphatic heterocycles. The van der Waals surface area contributed by atoms with E-state index in [1.807, 2.05) is 37.4 Å². The van der Waals surface area contributed by atoms with Gasteiger partial charge in [-0.05, 0) is 51.1 Å². The third kappa shape index (κ3) is 3.93. The van der Waals surface area contributed by atoms with E-state index in [0.29, 0.717) is 22.8 Å². The topological polar surface area (TPSA) is 89.4 Å². The van der Waals surface area contributed by atoms with Crippen LogP contribution in [0.4, 0.5) is 0 Å². The van der Waals surface area contributed by atoms with Gasteiger partial charge >= 0.3 is 0 Å². The van der Waals surface area contributed by atoms with Crippen LogP contribution in [0.5, 0.6) is 0 Å². The molecule has 0 aliphatic carbocycles. The molecule has 31 heavy (non-hydrogen) atoms. The summed E-state index contributed by atoms with van der Waals surface area (Å²) in [4.78, 5) is 23.4. The van der Waals surface area contributed by atoms with Gasteiger partial charge in [0.05, 0.1) is 16.8 Å². The van der Waals surface area contributed by atoms with Crippen molar-refractivity contribution in [3.8, 4) is 16.3 Å².